The number of hydrogen-bond acceptors (Lipinski definition) is 4. The minimum absolute atomic E-state index is 0.0122. The van der Waals surface area contributed by atoms with E-state index in [0.717, 1.165) is 19.5 Å². The lowest BCUT2D eigenvalue weighted by molar-refractivity contribution is -0.117. The van der Waals surface area contributed by atoms with Crippen molar-refractivity contribution in [3.63, 3.8) is 0 Å². The molecule has 0 aliphatic carbocycles. The van der Waals surface area contributed by atoms with Crippen molar-refractivity contribution in [2.45, 2.75) is 19.4 Å². The van der Waals surface area contributed by atoms with E-state index >= 15 is 0 Å². The van der Waals surface area contributed by atoms with Gasteiger partial charge in [-0.2, -0.15) is 0 Å². The second-order valence-corrected chi connectivity index (χ2v) is 5.31. The minimum Gasteiger partial charge on any atom is -0.396 e. The van der Waals surface area contributed by atoms with Gasteiger partial charge in [0.1, 0.15) is 5.82 Å². The van der Waals surface area contributed by atoms with Crippen LogP contribution in [0, 0.1) is 11.7 Å². The van der Waals surface area contributed by atoms with Crippen LogP contribution in [-0.2, 0) is 4.79 Å². The Morgan fingerprint density at radius 1 is 1.65 bits per heavy atom. The van der Waals surface area contributed by atoms with E-state index in [0.29, 0.717) is 5.69 Å². The Kier molecular flexibility index (Phi) is 4.57. The number of rotatable bonds is 4. The summed E-state index contributed by atoms with van der Waals surface area (Å²) in [7, 11) is 0. The molecule has 110 valence electrons. The number of carbonyl (C=O) groups is 1. The molecule has 1 amide bonds. The zero-order valence-corrected chi connectivity index (χ0v) is 11.5. The highest BCUT2D eigenvalue weighted by Gasteiger charge is 2.26. The lowest BCUT2D eigenvalue weighted by Gasteiger charge is -2.17. The molecule has 4 N–H and O–H groups in total. The first-order valence-corrected chi connectivity index (χ1v) is 6.71. The van der Waals surface area contributed by atoms with Crippen LogP contribution in [0.2, 0.25) is 0 Å². The number of nitrogen functional groups attached to an aromatic ring is 1. The first kappa shape index (κ1) is 14.7. The van der Waals surface area contributed by atoms with Gasteiger partial charge in [0, 0.05) is 12.2 Å². The predicted molar refractivity (Wildman–Crippen MR) is 75.7 cm³/mol. The first-order valence-electron chi connectivity index (χ1n) is 6.71. The molecule has 1 aliphatic rings. The van der Waals surface area contributed by atoms with Gasteiger partial charge < -0.3 is 16.2 Å². The van der Waals surface area contributed by atoms with Crippen molar-refractivity contribution >= 4 is 17.3 Å². The molecule has 20 heavy (non-hydrogen) atoms. The maximum absolute atomic E-state index is 13.0. The Hall–Kier alpha value is -1.66. The average molecular weight is 281 g/mol. The van der Waals surface area contributed by atoms with Crippen LogP contribution in [0.3, 0.4) is 0 Å². The number of hydrogen-bond donors (Lipinski definition) is 3. The minimum atomic E-state index is -0.498. The van der Waals surface area contributed by atoms with E-state index < -0.39 is 5.82 Å². The van der Waals surface area contributed by atoms with Crippen LogP contribution < -0.4 is 11.1 Å². The van der Waals surface area contributed by atoms with Crippen molar-refractivity contribution in [2.75, 3.05) is 30.7 Å². The number of anilines is 2. The van der Waals surface area contributed by atoms with Crippen LogP contribution in [0.15, 0.2) is 18.2 Å². The molecular formula is C14H20FN3O2. The Morgan fingerprint density at radius 3 is 3.00 bits per heavy atom. The molecule has 1 aliphatic heterocycles. The first-order chi connectivity index (χ1) is 9.45. The summed E-state index contributed by atoms with van der Waals surface area (Å²) in [5.41, 5.74) is 5.95. The highest BCUT2D eigenvalue weighted by Crippen LogP contribution is 2.20. The van der Waals surface area contributed by atoms with Gasteiger partial charge in [0.15, 0.2) is 0 Å². The Morgan fingerprint density at radius 2 is 2.40 bits per heavy atom. The summed E-state index contributed by atoms with van der Waals surface area (Å²) in [6.45, 7) is 3.56. The average Bonchev–Trinajstić information content (AvgIpc) is 2.82. The van der Waals surface area contributed by atoms with Crippen molar-refractivity contribution in [3.05, 3.63) is 24.0 Å². The smallest absolute Gasteiger partial charge is 0.238 e. The van der Waals surface area contributed by atoms with E-state index in [2.05, 4.69) is 5.32 Å². The zero-order valence-electron chi connectivity index (χ0n) is 11.5. The summed E-state index contributed by atoms with van der Waals surface area (Å²) in [5.74, 6) is -0.436. The summed E-state index contributed by atoms with van der Waals surface area (Å²) in [6, 6.07) is 4.10. The molecule has 2 rings (SSSR count). The monoisotopic (exact) mass is 281 g/mol. The van der Waals surface area contributed by atoms with Gasteiger partial charge in [-0.05, 0) is 44.0 Å². The number of nitrogens with one attached hydrogen (secondary N) is 1. The molecule has 1 aromatic carbocycles. The van der Waals surface area contributed by atoms with E-state index in [4.69, 9.17) is 5.73 Å². The maximum Gasteiger partial charge on any atom is 0.238 e. The van der Waals surface area contributed by atoms with E-state index in [1.165, 1.54) is 18.2 Å². The molecule has 2 unspecified atom stereocenters. The fourth-order valence-corrected chi connectivity index (χ4v) is 2.43. The Bertz CT molecular complexity index is 493. The van der Waals surface area contributed by atoms with Crippen LogP contribution in [0.1, 0.15) is 13.3 Å². The largest absolute Gasteiger partial charge is 0.396 e. The van der Waals surface area contributed by atoms with Gasteiger partial charge in [-0.1, -0.05) is 0 Å². The van der Waals surface area contributed by atoms with Gasteiger partial charge in [-0.3, -0.25) is 9.69 Å². The molecule has 0 saturated carbocycles. The fourth-order valence-electron chi connectivity index (χ4n) is 2.43. The number of nitrogens with zero attached hydrogens (tertiary/aromatic N) is 1. The van der Waals surface area contributed by atoms with Crippen molar-refractivity contribution in [1.82, 2.24) is 4.90 Å². The van der Waals surface area contributed by atoms with E-state index in [-0.39, 0.29) is 30.2 Å². The lowest BCUT2D eigenvalue weighted by Crippen LogP contribution is -2.32. The molecule has 5 nitrogen and oxygen atoms in total. The number of aliphatic hydroxyl groups excluding tert-OH is 1. The lowest BCUT2D eigenvalue weighted by atomic mass is 10.0. The van der Waals surface area contributed by atoms with Gasteiger partial charge in [0.2, 0.25) is 5.91 Å². The molecule has 1 aromatic rings. The summed E-state index contributed by atoms with van der Waals surface area (Å²) >= 11 is 0. The fraction of sp³-hybridized carbons (Fsp3) is 0.500. The second kappa shape index (κ2) is 6.19. The van der Waals surface area contributed by atoms with Crippen LogP contribution in [0.25, 0.3) is 0 Å². The zero-order chi connectivity index (χ0) is 14.7. The molecular weight excluding hydrogens is 261 g/mol. The molecule has 1 fully saturated rings. The molecule has 1 heterocycles. The van der Waals surface area contributed by atoms with E-state index in [1.807, 2.05) is 4.90 Å². The van der Waals surface area contributed by atoms with E-state index in [9.17, 15) is 14.3 Å². The quantitative estimate of drug-likeness (QED) is 0.721. The number of nitrogens with two attached hydrogens (primary N) is 1. The molecule has 2 atom stereocenters. The van der Waals surface area contributed by atoms with Crippen LogP contribution >= 0.6 is 0 Å². The summed E-state index contributed by atoms with van der Waals surface area (Å²) in [4.78, 5) is 13.9. The molecule has 6 heteroatoms. The number of benzene rings is 1. The number of carbonyl (C=O) groups excluding carboxylic acids is 1. The van der Waals surface area contributed by atoms with Crippen LogP contribution in [0.5, 0.6) is 0 Å². The third kappa shape index (κ3) is 3.68. The van der Waals surface area contributed by atoms with Crippen LogP contribution in [0.4, 0.5) is 15.8 Å². The summed E-state index contributed by atoms with van der Waals surface area (Å²) < 4.78 is 13.0. The number of amides is 1. The summed E-state index contributed by atoms with van der Waals surface area (Å²) in [6.07, 6.45) is 0.550. The molecule has 1 saturated heterocycles. The highest BCUT2D eigenvalue weighted by atomic mass is 19.1. The molecule has 0 bridgehead atoms. The van der Waals surface area contributed by atoms with Gasteiger partial charge in [-0.25, -0.2) is 4.39 Å². The Labute approximate surface area is 117 Å². The maximum atomic E-state index is 13.0. The van der Waals surface area contributed by atoms with E-state index in [1.54, 1.807) is 6.92 Å². The molecule has 0 spiro atoms. The third-order valence-corrected chi connectivity index (χ3v) is 3.64. The van der Waals surface area contributed by atoms with Gasteiger partial charge >= 0.3 is 0 Å². The standard InChI is InChI=1S/C14H20FN3O2/c1-9(19)10-4-5-18(7-10)8-14(20)17-11-2-3-12(15)13(16)6-11/h2-3,6,9-10,19H,4-5,7-8,16H2,1H3,(H,17,20). The van der Waals surface area contributed by atoms with Gasteiger partial charge in [-0.15, -0.1) is 0 Å². The predicted octanol–water partition coefficient (Wildman–Crippen LogP) is 1.05. The number of aliphatic hydroxyl groups is 1. The van der Waals surface area contributed by atoms with Crippen molar-refractivity contribution in [1.29, 1.82) is 0 Å². The van der Waals surface area contributed by atoms with Crippen molar-refractivity contribution in [2.24, 2.45) is 5.92 Å². The van der Waals surface area contributed by atoms with Crippen LogP contribution in [-0.4, -0.2) is 41.7 Å². The van der Waals surface area contributed by atoms with Gasteiger partial charge in [0.25, 0.3) is 0 Å². The second-order valence-electron chi connectivity index (χ2n) is 5.31. The topological polar surface area (TPSA) is 78.6 Å². The van der Waals surface area contributed by atoms with Gasteiger partial charge in [0.05, 0.1) is 18.3 Å². The molecule has 0 radical (unpaired) electrons. The van der Waals surface area contributed by atoms with Crippen molar-refractivity contribution in [3.8, 4) is 0 Å². The number of likely N-dealkylation sites (tertiary alicyclic amines) is 1. The summed E-state index contributed by atoms with van der Waals surface area (Å²) in [5, 5.41) is 12.2. The normalized spacial score (nSPS) is 20.9. The SMILES string of the molecule is CC(O)C1CCN(CC(=O)Nc2ccc(F)c(N)c2)C1. The van der Waals surface area contributed by atoms with Crippen molar-refractivity contribution < 1.29 is 14.3 Å². The highest BCUT2D eigenvalue weighted by molar-refractivity contribution is 5.92. The molecule has 0 aromatic heterocycles. The third-order valence-electron chi connectivity index (χ3n) is 3.64. The Balaban J connectivity index is 1.85. The number of halogens is 1.